The summed E-state index contributed by atoms with van der Waals surface area (Å²) >= 11 is 0. The van der Waals surface area contributed by atoms with Crippen LogP contribution < -0.4 is 4.90 Å². The highest BCUT2D eigenvalue weighted by Gasteiger charge is 2.30. The van der Waals surface area contributed by atoms with Crippen LogP contribution >= 0.6 is 0 Å². The van der Waals surface area contributed by atoms with Gasteiger partial charge in [-0.25, -0.2) is 0 Å². The van der Waals surface area contributed by atoms with Crippen molar-refractivity contribution in [1.82, 2.24) is 0 Å². The number of nitrogens with zero attached hydrogens (tertiary/aromatic N) is 1. The van der Waals surface area contributed by atoms with E-state index in [0.717, 1.165) is 0 Å². The summed E-state index contributed by atoms with van der Waals surface area (Å²) < 4.78 is 0. The number of hydrogen-bond acceptors (Lipinski definition) is 1. The van der Waals surface area contributed by atoms with E-state index in [1.807, 2.05) is 0 Å². The normalized spacial score (nSPS) is 16.4. The molecule has 3 rings (SSSR count). The molecule has 2 aromatic rings. The Morgan fingerprint density at radius 3 is 2.19 bits per heavy atom. The molecule has 1 aliphatic heterocycles. The van der Waals surface area contributed by atoms with Gasteiger partial charge in [0.2, 0.25) is 0 Å². The van der Waals surface area contributed by atoms with Crippen molar-refractivity contribution in [3.8, 4) is 0 Å². The Morgan fingerprint density at radius 1 is 0.905 bits per heavy atom. The third-order valence-corrected chi connectivity index (χ3v) is 4.60. The van der Waals surface area contributed by atoms with Gasteiger partial charge in [-0.15, -0.1) is 0 Å². The maximum atomic E-state index is 2.39. The molecule has 0 amide bonds. The molecule has 21 heavy (non-hydrogen) atoms. The van der Waals surface area contributed by atoms with Crippen LogP contribution in [0.4, 0.5) is 5.69 Å². The second kappa shape index (κ2) is 4.77. The fourth-order valence-corrected chi connectivity index (χ4v) is 3.13. The molecular weight excluding hydrogens is 254 g/mol. The fourth-order valence-electron chi connectivity index (χ4n) is 3.13. The lowest BCUT2D eigenvalue weighted by Gasteiger charge is -2.38. The van der Waals surface area contributed by atoms with Gasteiger partial charge in [0, 0.05) is 23.8 Å². The molecule has 1 nitrogen and oxygen atoms in total. The van der Waals surface area contributed by atoms with Gasteiger partial charge in [-0.1, -0.05) is 50.2 Å². The average Bonchev–Trinajstić information content (AvgIpc) is 2.46. The molecule has 1 aliphatic rings. The van der Waals surface area contributed by atoms with Crippen molar-refractivity contribution in [2.45, 2.75) is 33.1 Å². The molecular formula is C20H23N. The van der Waals surface area contributed by atoms with Crippen LogP contribution in [0.2, 0.25) is 0 Å². The summed E-state index contributed by atoms with van der Waals surface area (Å²) in [5.41, 5.74) is 8.06. The maximum Gasteiger partial charge on any atom is 0.0452 e. The van der Waals surface area contributed by atoms with Crippen molar-refractivity contribution in [1.29, 1.82) is 0 Å². The second-order valence-corrected chi connectivity index (χ2v) is 6.63. The average molecular weight is 277 g/mol. The van der Waals surface area contributed by atoms with Gasteiger partial charge >= 0.3 is 0 Å². The van der Waals surface area contributed by atoms with E-state index >= 15 is 0 Å². The number of aryl methyl sites for hydroxylation is 2. The van der Waals surface area contributed by atoms with Crippen LogP contribution in [0.3, 0.4) is 0 Å². The molecule has 0 saturated carbocycles. The number of benzene rings is 2. The topological polar surface area (TPSA) is 3.24 Å². The van der Waals surface area contributed by atoms with Crippen molar-refractivity contribution in [3.63, 3.8) is 0 Å². The van der Waals surface area contributed by atoms with E-state index in [1.165, 1.54) is 33.6 Å². The highest BCUT2D eigenvalue weighted by atomic mass is 15.1. The lowest BCUT2D eigenvalue weighted by Crippen LogP contribution is -2.29. The summed E-state index contributed by atoms with van der Waals surface area (Å²) in [6.45, 7) is 8.99. The Balaban J connectivity index is 2.20. The molecule has 0 spiro atoms. The molecule has 1 heterocycles. The van der Waals surface area contributed by atoms with Gasteiger partial charge in [-0.2, -0.15) is 0 Å². The van der Waals surface area contributed by atoms with Gasteiger partial charge < -0.3 is 4.90 Å². The van der Waals surface area contributed by atoms with Crippen LogP contribution in [0.15, 0.2) is 48.5 Å². The van der Waals surface area contributed by atoms with E-state index in [1.54, 1.807) is 0 Å². The predicted octanol–water partition coefficient (Wildman–Crippen LogP) is 5.07. The third-order valence-electron chi connectivity index (χ3n) is 4.60. The third kappa shape index (κ3) is 2.27. The Morgan fingerprint density at radius 2 is 1.52 bits per heavy atom. The zero-order valence-corrected chi connectivity index (χ0v) is 13.6. The zero-order chi connectivity index (χ0) is 15.2. The second-order valence-electron chi connectivity index (χ2n) is 6.63. The van der Waals surface area contributed by atoms with Crippen LogP contribution in [0, 0.1) is 13.8 Å². The molecule has 108 valence electrons. The quantitative estimate of drug-likeness (QED) is 0.703. The van der Waals surface area contributed by atoms with E-state index in [0.29, 0.717) is 0 Å². The Hall–Kier alpha value is -2.02. The molecule has 0 N–H and O–H groups in total. The molecule has 2 aromatic carbocycles. The van der Waals surface area contributed by atoms with Gasteiger partial charge in [-0.3, -0.25) is 0 Å². The van der Waals surface area contributed by atoms with Crippen LogP contribution in [-0.2, 0) is 5.41 Å². The van der Waals surface area contributed by atoms with Gasteiger partial charge in [0.15, 0.2) is 0 Å². The van der Waals surface area contributed by atoms with Crippen LogP contribution in [0.25, 0.3) is 5.70 Å². The molecule has 0 aliphatic carbocycles. The lowest BCUT2D eigenvalue weighted by atomic mass is 9.78. The SMILES string of the molecule is Cc1cc2c(cc1C)C(C)(C)C=C(c1ccccc1)N2C. The Bertz CT molecular complexity index is 708. The molecule has 0 fully saturated rings. The first kappa shape index (κ1) is 13.9. The van der Waals surface area contributed by atoms with E-state index in [-0.39, 0.29) is 5.41 Å². The first-order valence-corrected chi connectivity index (χ1v) is 7.54. The van der Waals surface area contributed by atoms with Crippen molar-refractivity contribution >= 4 is 11.4 Å². The fraction of sp³-hybridized carbons (Fsp3) is 0.300. The van der Waals surface area contributed by atoms with Crippen molar-refractivity contribution in [2.75, 3.05) is 11.9 Å². The van der Waals surface area contributed by atoms with Crippen LogP contribution in [0.5, 0.6) is 0 Å². The van der Waals surface area contributed by atoms with Gasteiger partial charge in [0.25, 0.3) is 0 Å². The summed E-state index contributed by atoms with van der Waals surface area (Å²) in [7, 11) is 2.17. The monoisotopic (exact) mass is 277 g/mol. The number of allylic oxidation sites excluding steroid dienone is 1. The highest BCUT2D eigenvalue weighted by Crippen LogP contribution is 2.43. The van der Waals surface area contributed by atoms with E-state index in [4.69, 9.17) is 0 Å². The molecule has 0 unspecified atom stereocenters. The smallest absolute Gasteiger partial charge is 0.0452 e. The van der Waals surface area contributed by atoms with Crippen LogP contribution in [-0.4, -0.2) is 7.05 Å². The molecule has 0 bridgehead atoms. The van der Waals surface area contributed by atoms with Gasteiger partial charge in [0.05, 0.1) is 0 Å². The Kier molecular flexibility index (Phi) is 3.16. The largest absolute Gasteiger partial charge is 0.344 e. The molecule has 0 aromatic heterocycles. The minimum absolute atomic E-state index is 0.0471. The number of fused-ring (bicyclic) bond motifs is 1. The highest BCUT2D eigenvalue weighted by molar-refractivity contribution is 5.85. The summed E-state index contributed by atoms with van der Waals surface area (Å²) in [5.74, 6) is 0. The van der Waals surface area contributed by atoms with Gasteiger partial charge in [-0.05, 0) is 48.2 Å². The molecule has 1 heteroatoms. The maximum absolute atomic E-state index is 2.39. The van der Waals surface area contributed by atoms with E-state index in [9.17, 15) is 0 Å². The minimum atomic E-state index is 0.0471. The van der Waals surface area contributed by atoms with Gasteiger partial charge in [0.1, 0.15) is 0 Å². The molecule has 0 radical (unpaired) electrons. The van der Waals surface area contributed by atoms with E-state index in [2.05, 4.69) is 88.2 Å². The van der Waals surface area contributed by atoms with E-state index < -0.39 is 0 Å². The first-order chi connectivity index (χ1) is 9.90. The van der Waals surface area contributed by atoms with Crippen LogP contribution in [0.1, 0.15) is 36.1 Å². The predicted molar refractivity (Wildman–Crippen MR) is 91.8 cm³/mol. The van der Waals surface area contributed by atoms with Crippen molar-refractivity contribution in [3.05, 3.63) is 70.8 Å². The van der Waals surface area contributed by atoms with Crippen molar-refractivity contribution < 1.29 is 0 Å². The first-order valence-electron chi connectivity index (χ1n) is 7.54. The van der Waals surface area contributed by atoms with Crippen molar-refractivity contribution in [2.24, 2.45) is 0 Å². The number of anilines is 1. The summed E-state index contributed by atoms with van der Waals surface area (Å²) in [4.78, 5) is 2.32. The standard InChI is InChI=1S/C20H23N/c1-14-11-17-18(12-15(14)2)21(5)19(13-20(17,3)4)16-9-7-6-8-10-16/h6-13H,1-5H3. The summed E-state index contributed by atoms with van der Waals surface area (Å²) in [6, 6.07) is 15.3. The summed E-state index contributed by atoms with van der Waals surface area (Å²) in [5, 5.41) is 0. The number of hydrogen-bond donors (Lipinski definition) is 0. The minimum Gasteiger partial charge on any atom is -0.344 e. The number of rotatable bonds is 1. The molecule has 0 atom stereocenters. The zero-order valence-electron chi connectivity index (χ0n) is 13.6. The lowest BCUT2D eigenvalue weighted by molar-refractivity contribution is 0.659. The Labute approximate surface area is 127 Å². The molecule has 0 saturated heterocycles. The summed E-state index contributed by atoms with van der Waals surface area (Å²) in [6.07, 6.45) is 2.39.